The minimum absolute atomic E-state index is 0.0761. The zero-order chi connectivity index (χ0) is 21.7. The Morgan fingerprint density at radius 1 is 1.13 bits per heavy atom. The molecule has 0 fully saturated rings. The van der Waals surface area contributed by atoms with Crippen LogP contribution in [-0.2, 0) is 14.8 Å². The Hall–Kier alpha value is -2.68. The number of nitrogens with one attached hydrogen (secondary N) is 1. The Bertz CT molecular complexity index is 1180. The number of hydrogen-bond acceptors (Lipinski definition) is 5. The number of hydrazone groups is 1. The molecule has 1 amide bonds. The lowest BCUT2D eigenvalue weighted by molar-refractivity contribution is -0.119. The van der Waals surface area contributed by atoms with Crippen molar-refractivity contribution in [2.75, 3.05) is 10.8 Å². The molecule has 9 heteroatoms. The number of sulfonamides is 1. The van der Waals surface area contributed by atoms with Gasteiger partial charge in [-0.05, 0) is 60.7 Å². The summed E-state index contributed by atoms with van der Waals surface area (Å²) in [4.78, 5) is 13.5. The number of hydrogen-bond donors (Lipinski definition) is 1. The zero-order valence-electron chi connectivity index (χ0n) is 16.4. The van der Waals surface area contributed by atoms with Gasteiger partial charge in [-0.2, -0.15) is 5.10 Å². The molecule has 0 spiro atoms. The molecule has 1 heterocycles. The number of rotatable bonds is 7. The summed E-state index contributed by atoms with van der Waals surface area (Å²) in [6.07, 6.45) is 1.54. The second-order valence-corrected chi connectivity index (χ2v) is 9.74. The van der Waals surface area contributed by atoms with E-state index < -0.39 is 22.5 Å². The van der Waals surface area contributed by atoms with E-state index in [0.717, 1.165) is 20.3 Å². The molecule has 0 aliphatic heterocycles. The van der Waals surface area contributed by atoms with Gasteiger partial charge in [0.1, 0.15) is 6.54 Å². The molecular formula is C21H20ClN3O3S2. The first-order valence-electron chi connectivity index (χ1n) is 8.99. The number of benzene rings is 2. The zero-order valence-corrected chi connectivity index (χ0v) is 18.8. The van der Waals surface area contributed by atoms with E-state index in [2.05, 4.69) is 10.5 Å². The van der Waals surface area contributed by atoms with Crippen LogP contribution in [0.1, 0.15) is 16.0 Å². The molecule has 0 bridgehead atoms. The second kappa shape index (κ2) is 9.42. The van der Waals surface area contributed by atoms with Crippen molar-refractivity contribution in [2.45, 2.75) is 18.7 Å². The third-order valence-corrected chi connectivity index (χ3v) is 7.48. The molecule has 30 heavy (non-hydrogen) atoms. The molecule has 1 N–H and O–H groups in total. The van der Waals surface area contributed by atoms with E-state index in [9.17, 15) is 13.2 Å². The molecule has 3 aromatic rings. The minimum atomic E-state index is -3.99. The van der Waals surface area contributed by atoms with Crippen molar-refractivity contribution in [1.82, 2.24) is 5.43 Å². The topological polar surface area (TPSA) is 78.8 Å². The van der Waals surface area contributed by atoms with Crippen LogP contribution < -0.4 is 9.73 Å². The maximum absolute atomic E-state index is 13.2. The Morgan fingerprint density at radius 2 is 1.87 bits per heavy atom. The summed E-state index contributed by atoms with van der Waals surface area (Å²) in [6, 6.07) is 14.7. The quantitative estimate of drug-likeness (QED) is 0.419. The van der Waals surface area contributed by atoms with Crippen LogP contribution in [0, 0.1) is 13.8 Å². The standard InChI is InChI=1S/C21H20ClN3O3S2/c1-15-8-9-17(12-19(15)22)25(30(27,28)18-6-4-3-5-7-18)14-21(26)24-23-13-20-16(2)10-11-29-20/h3-13H,14H2,1-2H3,(H,24,26)/b23-13-. The predicted octanol–water partition coefficient (Wildman–Crippen LogP) is 4.36. The summed E-state index contributed by atoms with van der Waals surface area (Å²) in [5.74, 6) is -0.573. The molecule has 0 saturated heterocycles. The Kier molecular flexibility index (Phi) is 6.91. The molecule has 0 saturated carbocycles. The highest BCUT2D eigenvalue weighted by molar-refractivity contribution is 7.92. The molecule has 3 rings (SSSR count). The van der Waals surface area contributed by atoms with Crippen molar-refractivity contribution in [2.24, 2.45) is 5.10 Å². The third-order valence-electron chi connectivity index (χ3n) is 4.33. The molecule has 0 unspecified atom stereocenters. The first-order chi connectivity index (χ1) is 14.3. The first-order valence-corrected chi connectivity index (χ1v) is 11.7. The maximum atomic E-state index is 13.2. The van der Waals surface area contributed by atoms with Gasteiger partial charge in [-0.25, -0.2) is 13.8 Å². The van der Waals surface area contributed by atoms with Crippen molar-refractivity contribution in [1.29, 1.82) is 0 Å². The van der Waals surface area contributed by atoms with Crippen LogP contribution in [0.25, 0.3) is 0 Å². The van der Waals surface area contributed by atoms with Crippen molar-refractivity contribution < 1.29 is 13.2 Å². The van der Waals surface area contributed by atoms with Gasteiger partial charge in [-0.15, -0.1) is 11.3 Å². The number of aryl methyl sites for hydroxylation is 2. The smallest absolute Gasteiger partial charge is 0.264 e. The normalized spacial score (nSPS) is 11.6. The van der Waals surface area contributed by atoms with E-state index in [-0.39, 0.29) is 4.90 Å². The second-order valence-electron chi connectivity index (χ2n) is 6.52. The van der Waals surface area contributed by atoms with Gasteiger partial charge in [0, 0.05) is 9.90 Å². The van der Waals surface area contributed by atoms with Gasteiger partial charge in [-0.3, -0.25) is 9.10 Å². The van der Waals surface area contributed by atoms with E-state index >= 15 is 0 Å². The Labute approximate surface area is 184 Å². The average Bonchev–Trinajstić information content (AvgIpc) is 3.14. The molecule has 0 aliphatic rings. The maximum Gasteiger partial charge on any atom is 0.264 e. The SMILES string of the molecule is Cc1ccc(N(CC(=O)N/N=C\c2sccc2C)S(=O)(=O)c2ccccc2)cc1Cl. The van der Waals surface area contributed by atoms with Crippen LogP contribution in [0.3, 0.4) is 0 Å². The fourth-order valence-corrected chi connectivity index (χ4v) is 5.01. The minimum Gasteiger partial charge on any atom is -0.271 e. The summed E-state index contributed by atoms with van der Waals surface area (Å²) in [7, 11) is -3.99. The van der Waals surface area contributed by atoms with Gasteiger partial charge >= 0.3 is 0 Å². The van der Waals surface area contributed by atoms with Crippen LogP contribution in [0.2, 0.25) is 5.02 Å². The van der Waals surface area contributed by atoms with Crippen molar-refractivity contribution in [3.05, 3.63) is 81.0 Å². The number of nitrogens with zero attached hydrogens (tertiary/aromatic N) is 2. The number of carbonyl (C=O) groups excluding carboxylic acids is 1. The van der Waals surface area contributed by atoms with Gasteiger partial charge in [0.2, 0.25) is 0 Å². The van der Waals surface area contributed by atoms with Crippen molar-refractivity contribution in [3.8, 4) is 0 Å². The highest BCUT2D eigenvalue weighted by atomic mass is 35.5. The van der Waals surface area contributed by atoms with Crippen molar-refractivity contribution in [3.63, 3.8) is 0 Å². The van der Waals surface area contributed by atoms with E-state index in [0.29, 0.717) is 10.7 Å². The number of amides is 1. The lowest BCUT2D eigenvalue weighted by Crippen LogP contribution is -2.39. The summed E-state index contributed by atoms with van der Waals surface area (Å²) in [5, 5.41) is 6.28. The largest absolute Gasteiger partial charge is 0.271 e. The van der Waals surface area contributed by atoms with E-state index in [1.165, 1.54) is 35.8 Å². The summed E-state index contributed by atoms with van der Waals surface area (Å²) in [6.45, 7) is 3.31. The van der Waals surface area contributed by atoms with Crippen molar-refractivity contribution >= 4 is 50.8 Å². The van der Waals surface area contributed by atoms with Crippen LogP contribution >= 0.6 is 22.9 Å². The Morgan fingerprint density at radius 3 is 2.50 bits per heavy atom. The first kappa shape index (κ1) is 22.0. The number of halogens is 1. The fourth-order valence-electron chi connectivity index (χ4n) is 2.62. The van der Waals surface area contributed by atoms with Gasteiger partial charge in [0.25, 0.3) is 15.9 Å². The lowest BCUT2D eigenvalue weighted by Gasteiger charge is -2.24. The van der Waals surface area contributed by atoms with Gasteiger partial charge < -0.3 is 0 Å². The molecule has 156 valence electrons. The van der Waals surface area contributed by atoms with Crippen LogP contribution in [0.4, 0.5) is 5.69 Å². The molecule has 2 aromatic carbocycles. The summed E-state index contributed by atoms with van der Waals surface area (Å²) >= 11 is 7.70. The average molecular weight is 462 g/mol. The Balaban J connectivity index is 1.87. The highest BCUT2D eigenvalue weighted by Gasteiger charge is 2.27. The van der Waals surface area contributed by atoms with Crippen LogP contribution in [0.5, 0.6) is 0 Å². The molecule has 6 nitrogen and oxygen atoms in total. The van der Waals surface area contributed by atoms with Gasteiger partial charge in [-0.1, -0.05) is 35.9 Å². The molecule has 0 atom stereocenters. The predicted molar refractivity (Wildman–Crippen MR) is 122 cm³/mol. The highest BCUT2D eigenvalue weighted by Crippen LogP contribution is 2.27. The molecule has 0 aliphatic carbocycles. The summed E-state index contributed by atoms with van der Waals surface area (Å²) < 4.78 is 27.5. The fraction of sp³-hybridized carbons (Fsp3) is 0.143. The third kappa shape index (κ3) is 5.08. The number of carbonyl (C=O) groups is 1. The van der Waals surface area contributed by atoms with Gasteiger partial charge in [0.05, 0.1) is 16.8 Å². The molecule has 1 aromatic heterocycles. The van der Waals surface area contributed by atoms with Crippen LogP contribution in [-0.4, -0.2) is 27.1 Å². The number of thiophene rings is 1. The van der Waals surface area contributed by atoms with E-state index in [1.54, 1.807) is 30.3 Å². The van der Waals surface area contributed by atoms with E-state index in [1.807, 2.05) is 25.3 Å². The number of anilines is 1. The van der Waals surface area contributed by atoms with E-state index in [4.69, 9.17) is 11.6 Å². The summed E-state index contributed by atoms with van der Waals surface area (Å²) in [5.41, 5.74) is 4.54. The van der Waals surface area contributed by atoms with Gasteiger partial charge in [0.15, 0.2) is 0 Å². The monoisotopic (exact) mass is 461 g/mol. The molecular weight excluding hydrogens is 442 g/mol. The molecule has 0 radical (unpaired) electrons. The lowest BCUT2D eigenvalue weighted by atomic mass is 10.2. The van der Waals surface area contributed by atoms with Crippen LogP contribution in [0.15, 0.2) is 70.0 Å².